The molecular weight excluding hydrogens is 220 g/mol. The summed E-state index contributed by atoms with van der Waals surface area (Å²) in [5, 5.41) is 21.3. The Morgan fingerprint density at radius 1 is 1.41 bits per heavy atom. The van der Waals surface area contributed by atoms with Gasteiger partial charge in [-0.1, -0.05) is 18.2 Å². The van der Waals surface area contributed by atoms with E-state index in [-0.39, 0.29) is 6.73 Å². The van der Waals surface area contributed by atoms with Gasteiger partial charge in [0.2, 0.25) is 0 Å². The van der Waals surface area contributed by atoms with E-state index in [0.717, 1.165) is 16.5 Å². The first kappa shape index (κ1) is 11.6. The van der Waals surface area contributed by atoms with Gasteiger partial charge in [-0.25, -0.2) is 0 Å². The van der Waals surface area contributed by atoms with Gasteiger partial charge in [0, 0.05) is 23.5 Å². The largest absolute Gasteiger partial charge is 0.480 e. The number of H-pyrrole nitrogens is 1. The predicted octanol–water partition coefficient (Wildman–Crippen LogP) is 0.703. The summed E-state index contributed by atoms with van der Waals surface area (Å²) >= 11 is 0. The molecule has 1 heterocycles. The van der Waals surface area contributed by atoms with Crippen molar-refractivity contribution in [3.05, 3.63) is 36.0 Å². The van der Waals surface area contributed by atoms with Crippen LogP contribution in [0.15, 0.2) is 30.5 Å². The second-order valence-corrected chi connectivity index (χ2v) is 3.82. The molecule has 0 bridgehead atoms. The molecule has 0 spiro atoms. The van der Waals surface area contributed by atoms with E-state index in [1.54, 1.807) is 6.20 Å². The van der Waals surface area contributed by atoms with Crippen LogP contribution in [0.25, 0.3) is 10.9 Å². The minimum absolute atomic E-state index is 0.333. The highest BCUT2D eigenvalue weighted by atomic mass is 16.4. The molecule has 1 aromatic carbocycles. The third kappa shape index (κ3) is 2.46. The molecule has 0 aliphatic heterocycles. The predicted molar refractivity (Wildman–Crippen MR) is 63.6 cm³/mol. The molecule has 2 rings (SSSR count). The molecule has 90 valence electrons. The molecule has 17 heavy (non-hydrogen) atoms. The van der Waals surface area contributed by atoms with E-state index >= 15 is 0 Å². The van der Waals surface area contributed by atoms with Gasteiger partial charge in [0.25, 0.3) is 0 Å². The van der Waals surface area contributed by atoms with Crippen molar-refractivity contribution in [1.29, 1.82) is 0 Å². The summed E-state index contributed by atoms with van der Waals surface area (Å²) in [5.41, 5.74) is 1.91. The first-order chi connectivity index (χ1) is 8.22. The standard InChI is InChI=1S/C12H14N2O3/c15-7-14-11(12(16)17)5-8-6-13-10-4-2-1-3-9(8)10/h1-4,6,11,13-15H,5,7H2,(H,16,17)/t11-/m0/s1. The van der Waals surface area contributed by atoms with Gasteiger partial charge in [0.1, 0.15) is 6.04 Å². The molecule has 4 N–H and O–H groups in total. The van der Waals surface area contributed by atoms with Crippen LogP contribution in [0.2, 0.25) is 0 Å². The second kappa shape index (κ2) is 4.99. The number of aliphatic hydroxyl groups is 1. The maximum Gasteiger partial charge on any atom is 0.321 e. The van der Waals surface area contributed by atoms with Gasteiger partial charge in [-0.3, -0.25) is 10.1 Å². The van der Waals surface area contributed by atoms with Gasteiger partial charge in [-0.15, -0.1) is 0 Å². The maximum atomic E-state index is 11.0. The Balaban J connectivity index is 2.25. The van der Waals surface area contributed by atoms with Gasteiger partial charge in [0.05, 0.1) is 6.73 Å². The van der Waals surface area contributed by atoms with Crippen LogP contribution >= 0.6 is 0 Å². The highest BCUT2D eigenvalue weighted by molar-refractivity contribution is 5.84. The van der Waals surface area contributed by atoms with Crippen molar-refractivity contribution in [1.82, 2.24) is 10.3 Å². The molecule has 1 atom stereocenters. The number of aliphatic hydroxyl groups excluding tert-OH is 1. The van der Waals surface area contributed by atoms with Crippen molar-refractivity contribution in [2.45, 2.75) is 12.5 Å². The van der Waals surface area contributed by atoms with Crippen LogP contribution in [0.1, 0.15) is 5.56 Å². The van der Waals surface area contributed by atoms with Crippen LogP contribution in [-0.4, -0.2) is 33.9 Å². The maximum absolute atomic E-state index is 11.0. The zero-order valence-electron chi connectivity index (χ0n) is 9.18. The number of nitrogens with one attached hydrogen (secondary N) is 2. The Morgan fingerprint density at radius 2 is 2.18 bits per heavy atom. The van der Waals surface area contributed by atoms with E-state index in [1.165, 1.54) is 0 Å². The fraction of sp³-hybridized carbons (Fsp3) is 0.250. The lowest BCUT2D eigenvalue weighted by molar-refractivity contribution is -0.139. The van der Waals surface area contributed by atoms with Crippen LogP contribution in [0.3, 0.4) is 0 Å². The third-order valence-corrected chi connectivity index (χ3v) is 2.73. The summed E-state index contributed by atoms with van der Waals surface area (Å²) in [4.78, 5) is 14.1. The van der Waals surface area contributed by atoms with E-state index in [9.17, 15) is 4.79 Å². The molecule has 0 aliphatic rings. The molecule has 0 radical (unpaired) electrons. The average molecular weight is 234 g/mol. The summed E-state index contributed by atoms with van der Waals surface area (Å²) in [6.45, 7) is -0.348. The molecule has 5 heteroatoms. The molecule has 0 unspecified atom stereocenters. The van der Waals surface area contributed by atoms with E-state index in [1.807, 2.05) is 24.3 Å². The Labute approximate surface area is 98.1 Å². The van der Waals surface area contributed by atoms with Crippen molar-refractivity contribution >= 4 is 16.9 Å². The second-order valence-electron chi connectivity index (χ2n) is 3.82. The monoisotopic (exact) mass is 234 g/mol. The smallest absolute Gasteiger partial charge is 0.321 e. The Morgan fingerprint density at radius 3 is 2.88 bits per heavy atom. The summed E-state index contributed by atoms with van der Waals surface area (Å²) in [5.74, 6) is -0.968. The lowest BCUT2D eigenvalue weighted by atomic mass is 10.1. The van der Waals surface area contributed by atoms with Crippen molar-refractivity contribution in [3.8, 4) is 0 Å². The number of carbonyl (C=O) groups is 1. The van der Waals surface area contributed by atoms with Crippen LogP contribution in [0, 0.1) is 0 Å². The Bertz CT molecular complexity index is 521. The van der Waals surface area contributed by atoms with E-state index in [4.69, 9.17) is 10.2 Å². The SMILES string of the molecule is O=C(O)[C@H](Cc1c[nH]c2ccccc12)NCO. The number of fused-ring (bicyclic) bond motifs is 1. The average Bonchev–Trinajstić information content (AvgIpc) is 2.72. The van der Waals surface area contributed by atoms with Gasteiger partial charge in [0.15, 0.2) is 0 Å². The number of hydrogen-bond donors (Lipinski definition) is 4. The number of rotatable bonds is 5. The summed E-state index contributed by atoms with van der Waals surface area (Å²) < 4.78 is 0. The van der Waals surface area contributed by atoms with Crippen LogP contribution in [-0.2, 0) is 11.2 Å². The molecule has 0 fully saturated rings. The van der Waals surface area contributed by atoms with Gasteiger partial charge in [-0.2, -0.15) is 0 Å². The molecule has 5 nitrogen and oxygen atoms in total. The van der Waals surface area contributed by atoms with Crippen molar-refractivity contribution in [2.75, 3.05) is 6.73 Å². The Kier molecular flexibility index (Phi) is 3.41. The number of aromatic amines is 1. The summed E-state index contributed by atoms with van der Waals surface area (Å²) in [6.07, 6.45) is 2.14. The van der Waals surface area contributed by atoms with Gasteiger partial charge >= 0.3 is 5.97 Å². The van der Waals surface area contributed by atoms with E-state index in [2.05, 4.69) is 10.3 Å². The summed E-state index contributed by atoms with van der Waals surface area (Å²) in [7, 11) is 0. The summed E-state index contributed by atoms with van der Waals surface area (Å²) in [6, 6.07) is 6.94. The van der Waals surface area contributed by atoms with Crippen molar-refractivity contribution in [3.63, 3.8) is 0 Å². The van der Waals surface area contributed by atoms with Gasteiger partial charge < -0.3 is 15.2 Å². The van der Waals surface area contributed by atoms with Crippen LogP contribution < -0.4 is 5.32 Å². The molecule has 0 aliphatic carbocycles. The third-order valence-electron chi connectivity index (χ3n) is 2.73. The molecule has 1 aromatic heterocycles. The molecule has 0 saturated carbocycles. The highest BCUT2D eigenvalue weighted by Gasteiger charge is 2.18. The Hall–Kier alpha value is -1.85. The molecule has 0 saturated heterocycles. The highest BCUT2D eigenvalue weighted by Crippen LogP contribution is 2.19. The normalized spacial score (nSPS) is 12.8. The number of carboxylic acid groups (broad SMARTS) is 1. The van der Waals surface area contributed by atoms with E-state index < -0.39 is 12.0 Å². The molecule has 0 amide bonds. The zero-order chi connectivity index (χ0) is 12.3. The van der Waals surface area contributed by atoms with Crippen molar-refractivity contribution in [2.24, 2.45) is 0 Å². The number of carboxylic acids is 1. The number of aromatic nitrogens is 1. The molecular formula is C12H14N2O3. The lowest BCUT2D eigenvalue weighted by Gasteiger charge is -2.11. The fourth-order valence-corrected chi connectivity index (χ4v) is 1.88. The number of benzene rings is 1. The van der Waals surface area contributed by atoms with Gasteiger partial charge in [-0.05, 0) is 11.6 Å². The number of hydrogen-bond acceptors (Lipinski definition) is 3. The number of aliphatic carboxylic acids is 1. The topological polar surface area (TPSA) is 85.3 Å². The first-order valence-electron chi connectivity index (χ1n) is 5.34. The van der Waals surface area contributed by atoms with Crippen molar-refractivity contribution < 1.29 is 15.0 Å². The zero-order valence-corrected chi connectivity index (χ0v) is 9.18. The quantitative estimate of drug-likeness (QED) is 0.574. The first-order valence-corrected chi connectivity index (χ1v) is 5.34. The van der Waals surface area contributed by atoms with E-state index in [0.29, 0.717) is 6.42 Å². The fourth-order valence-electron chi connectivity index (χ4n) is 1.88. The minimum Gasteiger partial charge on any atom is -0.480 e. The minimum atomic E-state index is -0.968. The number of para-hydroxylation sites is 1. The molecule has 2 aromatic rings. The lowest BCUT2D eigenvalue weighted by Crippen LogP contribution is -2.38. The van der Waals surface area contributed by atoms with Crippen LogP contribution in [0.4, 0.5) is 0 Å². The van der Waals surface area contributed by atoms with Crippen LogP contribution in [0.5, 0.6) is 0 Å².